The molecule has 0 amide bonds. The van der Waals surface area contributed by atoms with E-state index < -0.39 is 0 Å². The molecule has 0 aliphatic carbocycles. The highest BCUT2D eigenvalue weighted by Crippen LogP contribution is 2.16. The molecule has 3 heteroatoms. The number of benzene rings is 1. The number of likely N-dealkylation sites (N-methyl/N-ethyl adjacent to an activating group) is 1. The predicted molar refractivity (Wildman–Crippen MR) is 65.6 cm³/mol. The van der Waals surface area contributed by atoms with E-state index >= 15 is 0 Å². The topological polar surface area (TPSA) is 29.5 Å². The van der Waals surface area contributed by atoms with Crippen molar-refractivity contribution in [1.29, 1.82) is 0 Å². The molecule has 0 radical (unpaired) electrons. The van der Waals surface area contributed by atoms with E-state index in [4.69, 9.17) is 4.74 Å². The number of hydrogen-bond donors (Lipinski definition) is 0. The summed E-state index contributed by atoms with van der Waals surface area (Å²) in [7, 11) is 1.92. The van der Waals surface area contributed by atoms with E-state index in [-0.39, 0.29) is 12.0 Å². The Labute approximate surface area is 97.0 Å². The number of para-hydroxylation sites is 1. The Morgan fingerprint density at radius 3 is 2.44 bits per heavy atom. The first-order valence-corrected chi connectivity index (χ1v) is 5.65. The van der Waals surface area contributed by atoms with Crippen LogP contribution in [0.25, 0.3) is 0 Å². The first-order chi connectivity index (χ1) is 7.70. The normalized spacial score (nSPS) is 11.9. The predicted octanol–water partition coefficient (Wildman–Crippen LogP) is 2.46. The quantitative estimate of drug-likeness (QED) is 0.715. The molecule has 0 saturated carbocycles. The lowest BCUT2D eigenvalue weighted by Crippen LogP contribution is -2.39. The molecule has 88 valence electrons. The molecule has 0 fully saturated rings. The van der Waals surface area contributed by atoms with Crippen LogP contribution < -0.4 is 4.90 Å². The zero-order valence-electron chi connectivity index (χ0n) is 10.1. The van der Waals surface area contributed by atoms with Gasteiger partial charge in [0.1, 0.15) is 6.04 Å². The first-order valence-electron chi connectivity index (χ1n) is 5.65. The van der Waals surface area contributed by atoms with Gasteiger partial charge in [-0.2, -0.15) is 0 Å². The van der Waals surface area contributed by atoms with Crippen LogP contribution in [0.1, 0.15) is 20.3 Å². The Hall–Kier alpha value is -1.51. The summed E-state index contributed by atoms with van der Waals surface area (Å²) in [5.41, 5.74) is 1.03. The van der Waals surface area contributed by atoms with E-state index in [0.29, 0.717) is 6.61 Å². The number of ether oxygens (including phenoxy) is 1. The molecule has 0 saturated heterocycles. The molecule has 1 aromatic rings. The molecule has 1 aromatic carbocycles. The van der Waals surface area contributed by atoms with Crippen molar-refractivity contribution in [2.45, 2.75) is 26.3 Å². The maximum Gasteiger partial charge on any atom is 0.328 e. The van der Waals surface area contributed by atoms with Gasteiger partial charge in [0, 0.05) is 12.7 Å². The Morgan fingerprint density at radius 1 is 1.31 bits per heavy atom. The third kappa shape index (κ3) is 2.99. The van der Waals surface area contributed by atoms with Gasteiger partial charge in [-0.15, -0.1) is 0 Å². The van der Waals surface area contributed by atoms with Crippen LogP contribution in [0.2, 0.25) is 0 Å². The fourth-order valence-corrected chi connectivity index (χ4v) is 1.68. The van der Waals surface area contributed by atoms with Crippen molar-refractivity contribution >= 4 is 11.7 Å². The van der Waals surface area contributed by atoms with Gasteiger partial charge in [0.05, 0.1) is 6.61 Å². The number of esters is 1. The summed E-state index contributed by atoms with van der Waals surface area (Å²) in [6, 6.07) is 9.65. The van der Waals surface area contributed by atoms with E-state index in [0.717, 1.165) is 12.1 Å². The van der Waals surface area contributed by atoms with Crippen LogP contribution in [0.5, 0.6) is 0 Å². The molecule has 0 N–H and O–H groups in total. The molecular weight excluding hydrogens is 202 g/mol. The van der Waals surface area contributed by atoms with Gasteiger partial charge in [0.25, 0.3) is 0 Å². The van der Waals surface area contributed by atoms with Crippen LogP contribution in [0, 0.1) is 0 Å². The van der Waals surface area contributed by atoms with E-state index in [1.807, 2.05) is 56.1 Å². The molecule has 1 atom stereocenters. The van der Waals surface area contributed by atoms with Crippen molar-refractivity contribution in [2.24, 2.45) is 0 Å². The van der Waals surface area contributed by atoms with Gasteiger partial charge in [0.15, 0.2) is 0 Å². The highest BCUT2D eigenvalue weighted by Gasteiger charge is 2.22. The second-order valence-electron chi connectivity index (χ2n) is 3.62. The van der Waals surface area contributed by atoms with E-state index in [1.165, 1.54) is 0 Å². The number of rotatable bonds is 5. The van der Waals surface area contributed by atoms with Crippen LogP contribution in [0.15, 0.2) is 30.3 Å². The molecule has 16 heavy (non-hydrogen) atoms. The molecule has 0 aliphatic heterocycles. The zero-order valence-corrected chi connectivity index (χ0v) is 10.1. The standard InChI is InChI=1S/C13H19NO2/c1-4-12(13(15)16-5-2)14(3)11-9-7-6-8-10-11/h6-10,12H,4-5H2,1-3H3. The second kappa shape index (κ2) is 6.16. The number of carbonyl (C=O) groups is 1. The smallest absolute Gasteiger partial charge is 0.328 e. The lowest BCUT2D eigenvalue weighted by atomic mass is 10.1. The van der Waals surface area contributed by atoms with Gasteiger partial charge < -0.3 is 9.64 Å². The van der Waals surface area contributed by atoms with Crippen molar-refractivity contribution in [2.75, 3.05) is 18.6 Å². The van der Waals surface area contributed by atoms with Crippen LogP contribution in [-0.4, -0.2) is 25.7 Å². The lowest BCUT2D eigenvalue weighted by Gasteiger charge is -2.27. The summed E-state index contributed by atoms with van der Waals surface area (Å²) in [6.07, 6.45) is 0.740. The van der Waals surface area contributed by atoms with Crippen LogP contribution in [0.4, 0.5) is 5.69 Å². The Morgan fingerprint density at radius 2 is 1.94 bits per heavy atom. The van der Waals surface area contributed by atoms with E-state index in [1.54, 1.807) is 0 Å². The largest absolute Gasteiger partial charge is 0.464 e. The summed E-state index contributed by atoms with van der Waals surface area (Å²) in [4.78, 5) is 13.7. The van der Waals surface area contributed by atoms with Gasteiger partial charge in [0.2, 0.25) is 0 Å². The molecule has 0 aliphatic rings. The zero-order chi connectivity index (χ0) is 12.0. The maximum atomic E-state index is 11.7. The number of carbonyl (C=O) groups excluding carboxylic acids is 1. The average Bonchev–Trinajstić information content (AvgIpc) is 2.31. The monoisotopic (exact) mass is 221 g/mol. The van der Waals surface area contributed by atoms with Gasteiger partial charge in [-0.1, -0.05) is 25.1 Å². The molecule has 1 unspecified atom stereocenters. The van der Waals surface area contributed by atoms with Crippen LogP contribution >= 0.6 is 0 Å². The fourth-order valence-electron chi connectivity index (χ4n) is 1.68. The fraction of sp³-hybridized carbons (Fsp3) is 0.462. The van der Waals surface area contributed by atoms with Gasteiger partial charge in [-0.25, -0.2) is 4.79 Å². The van der Waals surface area contributed by atoms with Crippen LogP contribution in [0.3, 0.4) is 0 Å². The molecule has 0 heterocycles. The summed E-state index contributed by atoms with van der Waals surface area (Å²) < 4.78 is 5.06. The van der Waals surface area contributed by atoms with Crippen molar-refractivity contribution in [3.05, 3.63) is 30.3 Å². The lowest BCUT2D eigenvalue weighted by molar-refractivity contribution is -0.144. The molecule has 0 spiro atoms. The molecular formula is C13H19NO2. The Kier molecular flexibility index (Phi) is 4.83. The summed E-state index contributed by atoms with van der Waals surface area (Å²) in [5.74, 6) is -0.156. The molecule has 3 nitrogen and oxygen atoms in total. The van der Waals surface area contributed by atoms with Crippen molar-refractivity contribution in [3.8, 4) is 0 Å². The summed E-state index contributed by atoms with van der Waals surface area (Å²) in [5, 5.41) is 0. The van der Waals surface area contributed by atoms with Crippen LogP contribution in [-0.2, 0) is 9.53 Å². The molecule has 1 rings (SSSR count). The van der Waals surface area contributed by atoms with Gasteiger partial charge >= 0.3 is 5.97 Å². The SMILES string of the molecule is CCOC(=O)C(CC)N(C)c1ccccc1. The highest BCUT2D eigenvalue weighted by atomic mass is 16.5. The number of nitrogens with zero attached hydrogens (tertiary/aromatic N) is 1. The highest BCUT2D eigenvalue weighted by molar-refractivity contribution is 5.79. The average molecular weight is 221 g/mol. The van der Waals surface area contributed by atoms with Gasteiger partial charge in [-0.05, 0) is 25.5 Å². The summed E-state index contributed by atoms with van der Waals surface area (Å²) in [6.45, 7) is 4.24. The summed E-state index contributed by atoms with van der Waals surface area (Å²) >= 11 is 0. The minimum atomic E-state index is -0.206. The third-order valence-corrected chi connectivity index (χ3v) is 2.58. The molecule has 0 bridgehead atoms. The third-order valence-electron chi connectivity index (χ3n) is 2.58. The van der Waals surface area contributed by atoms with Gasteiger partial charge in [-0.3, -0.25) is 0 Å². The number of hydrogen-bond acceptors (Lipinski definition) is 3. The Balaban J connectivity index is 2.77. The molecule has 0 aromatic heterocycles. The van der Waals surface area contributed by atoms with Crippen molar-refractivity contribution < 1.29 is 9.53 Å². The minimum absolute atomic E-state index is 0.156. The number of anilines is 1. The maximum absolute atomic E-state index is 11.7. The van der Waals surface area contributed by atoms with E-state index in [2.05, 4.69) is 0 Å². The van der Waals surface area contributed by atoms with Crippen molar-refractivity contribution in [1.82, 2.24) is 0 Å². The van der Waals surface area contributed by atoms with Crippen molar-refractivity contribution in [3.63, 3.8) is 0 Å². The first kappa shape index (κ1) is 12.6. The second-order valence-corrected chi connectivity index (χ2v) is 3.62. The van der Waals surface area contributed by atoms with E-state index in [9.17, 15) is 4.79 Å². The Bertz CT molecular complexity index is 324. The minimum Gasteiger partial charge on any atom is -0.464 e.